The summed E-state index contributed by atoms with van der Waals surface area (Å²) in [5.74, 6) is 0.228. The van der Waals surface area contributed by atoms with E-state index >= 15 is 0 Å². The van der Waals surface area contributed by atoms with E-state index in [1.165, 1.54) is 24.3 Å². The van der Waals surface area contributed by atoms with Crippen molar-refractivity contribution in [3.63, 3.8) is 0 Å². The molecule has 0 aliphatic heterocycles. The van der Waals surface area contributed by atoms with Crippen molar-refractivity contribution in [3.05, 3.63) is 59.7 Å². The smallest absolute Gasteiger partial charge is 0.123 e. The Bertz CT molecular complexity index is 560. The quantitative estimate of drug-likeness (QED) is 0.819. The van der Waals surface area contributed by atoms with Gasteiger partial charge in [0, 0.05) is 19.3 Å². The molecule has 2 aromatic rings. The van der Waals surface area contributed by atoms with Crippen molar-refractivity contribution >= 4 is 0 Å². The molecule has 0 spiro atoms. The highest BCUT2D eigenvalue weighted by atomic mass is 19.1. The molecule has 0 saturated heterocycles. The van der Waals surface area contributed by atoms with Crippen molar-refractivity contribution < 1.29 is 14.2 Å². The van der Waals surface area contributed by atoms with Crippen LogP contribution < -0.4 is 10.1 Å². The fourth-order valence-corrected chi connectivity index (χ4v) is 1.84. The van der Waals surface area contributed by atoms with Crippen molar-refractivity contribution in [1.82, 2.24) is 10.3 Å². The summed E-state index contributed by atoms with van der Waals surface area (Å²) >= 11 is 0. The number of aromatic nitrogens is 1. The minimum atomic E-state index is -0.640. The van der Waals surface area contributed by atoms with E-state index in [9.17, 15) is 9.50 Å². The Hall–Kier alpha value is -1.98. The maximum atomic E-state index is 12.7. The summed E-state index contributed by atoms with van der Waals surface area (Å²) in [6, 6.07) is 9.61. The van der Waals surface area contributed by atoms with Crippen LogP contribution in [0.1, 0.15) is 11.3 Å². The zero-order valence-electron chi connectivity index (χ0n) is 11.9. The molecule has 1 aromatic heterocycles. The zero-order valence-corrected chi connectivity index (χ0v) is 11.9. The van der Waals surface area contributed by atoms with E-state index < -0.39 is 6.10 Å². The molecule has 0 saturated carbocycles. The minimum absolute atomic E-state index is 0.153. The molecular weight excluding hydrogens is 271 g/mol. The van der Waals surface area contributed by atoms with Crippen molar-refractivity contribution in [3.8, 4) is 5.75 Å². The second-order valence-electron chi connectivity index (χ2n) is 4.82. The van der Waals surface area contributed by atoms with Gasteiger partial charge >= 0.3 is 0 Å². The number of aliphatic hydroxyl groups is 1. The van der Waals surface area contributed by atoms with Crippen LogP contribution in [0.25, 0.3) is 0 Å². The van der Waals surface area contributed by atoms with Crippen molar-refractivity contribution in [2.75, 3.05) is 13.2 Å². The van der Waals surface area contributed by atoms with Crippen LogP contribution in [0.4, 0.5) is 4.39 Å². The Morgan fingerprint density at radius 1 is 1.29 bits per heavy atom. The van der Waals surface area contributed by atoms with Gasteiger partial charge in [0.2, 0.25) is 0 Å². The number of aryl methyl sites for hydroxylation is 1. The number of halogens is 1. The maximum absolute atomic E-state index is 12.7. The number of rotatable bonds is 7. The molecule has 2 rings (SSSR count). The third-order valence-electron chi connectivity index (χ3n) is 3.05. The van der Waals surface area contributed by atoms with Crippen LogP contribution >= 0.6 is 0 Å². The maximum Gasteiger partial charge on any atom is 0.123 e. The van der Waals surface area contributed by atoms with Crippen LogP contribution in [0.3, 0.4) is 0 Å². The van der Waals surface area contributed by atoms with Crippen LogP contribution in [0, 0.1) is 12.7 Å². The first kappa shape index (κ1) is 15.4. The summed E-state index contributed by atoms with van der Waals surface area (Å²) in [7, 11) is 0. The van der Waals surface area contributed by atoms with Gasteiger partial charge in [-0.15, -0.1) is 0 Å². The molecule has 5 heteroatoms. The van der Waals surface area contributed by atoms with Gasteiger partial charge in [-0.25, -0.2) is 4.39 Å². The molecule has 2 N–H and O–H groups in total. The van der Waals surface area contributed by atoms with Gasteiger partial charge in [0.15, 0.2) is 0 Å². The molecule has 1 atom stereocenters. The van der Waals surface area contributed by atoms with E-state index in [4.69, 9.17) is 4.74 Å². The second kappa shape index (κ2) is 7.71. The zero-order chi connectivity index (χ0) is 15.1. The van der Waals surface area contributed by atoms with Crippen LogP contribution in [0.15, 0.2) is 42.6 Å². The van der Waals surface area contributed by atoms with Gasteiger partial charge < -0.3 is 15.2 Å². The molecule has 1 heterocycles. The average molecular weight is 290 g/mol. The lowest BCUT2D eigenvalue weighted by Gasteiger charge is -2.13. The van der Waals surface area contributed by atoms with Crippen LogP contribution in [-0.4, -0.2) is 29.3 Å². The number of nitrogens with zero attached hydrogens (tertiary/aromatic N) is 1. The molecule has 0 bridgehead atoms. The molecule has 0 fully saturated rings. The van der Waals surface area contributed by atoms with Gasteiger partial charge in [-0.1, -0.05) is 6.07 Å². The number of benzene rings is 1. The molecule has 4 nitrogen and oxygen atoms in total. The Morgan fingerprint density at radius 3 is 2.76 bits per heavy atom. The molecule has 0 radical (unpaired) electrons. The lowest BCUT2D eigenvalue weighted by molar-refractivity contribution is 0.106. The lowest BCUT2D eigenvalue weighted by Crippen LogP contribution is -2.31. The third kappa shape index (κ3) is 5.13. The van der Waals surface area contributed by atoms with E-state index in [1.807, 2.05) is 19.1 Å². The molecule has 21 heavy (non-hydrogen) atoms. The first-order chi connectivity index (χ1) is 10.1. The first-order valence-corrected chi connectivity index (χ1v) is 6.83. The van der Waals surface area contributed by atoms with Crippen LogP contribution in [0.2, 0.25) is 0 Å². The summed E-state index contributed by atoms with van der Waals surface area (Å²) in [4.78, 5) is 4.27. The molecule has 1 aromatic carbocycles. The number of ether oxygens (including phenoxy) is 1. The molecular formula is C16H19FN2O2. The van der Waals surface area contributed by atoms with Crippen LogP contribution in [-0.2, 0) is 6.54 Å². The number of aliphatic hydroxyl groups excluding tert-OH is 1. The van der Waals surface area contributed by atoms with E-state index in [2.05, 4.69) is 10.3 Å². The summed E-state index contributed by atoms with van der Waals surface area (Å²) in [5.41, 5.74) is 2.08. The predicted octanol–water partition coefficient (Wildman–Crippen LogP) is 2.06. The van der Waals surface area contributed by atoms with E-state index in [0.717, 1.165) is 11.3 Å². The van der Waals surface area contributed by atoms with Crippen LogP contribution in [0.5, 0.6) is 5.75 Å². The highest BCUT2D eigenvalue weighted by molar-refractivity contribution is 5.22. The predicted molar refractivity (Wildman–Crippen MR) is 78.6 cm³/mol. The molecule has 0 amide bonds. The van der Waals surface area contributed by atoms with E-state index in [-0.39, 0.29) is 12.4 Å². The fraction of sp³-hybridized carbons (Fsp3) is 0.312. The highest BCUT2D eigenvalue weighted by Gasteiger charge is 2.06. The lowest BCUT2D eigenvalue weighted by atomic mass is 10.2. The van der Waals surface area contributed by atoms with Gasteiger partial charge in [0.1, 0.15) is 24.3 Å². The highest BCUT2D eigenvalue weighted by Crippen LogP contribution is 2.11. The Labute approximate surface area is 123 Å². The Balaban J connectivity index is 1.69. The topological polar surface area (TPSA) is 54.4 Å². The molecule has 112 valence electrons. The Morgan fingerprint density at radius 2 is 2.05 bits per heavy atom. The number of pyridine rings is 1. The number of nitrogens with one attached hydrogen (secondary N) is 1. The van der Waals surface area contributed by atoms with Gasteiger partial charge in [-0.3, -0.25) is 4.98 Å². The van der Waals surface area contributed by atoms with E-state index in [1.54, 1.807) is 6.20 Å². The summed E-state index contributed by atoms with van der Waals surface area (Å²) < 4.78 is 18.1. The molecule has 0 aliphatic rings. The molecule has 0 aliphatic carbocycles. The summed E-state index contributed by atoms with van der Waals surface area (Å²) in [6.07, 6.45) is 1.11. The van der Waals surface area contributed by atoms with Crippen molar-refractivity contribution in [2.24, 2.45) is 0 Å². The standard InChI is InChI=1S/C16H19FN2O2/c1-12-3-2-8-19-16(12)10-18-9-14(20)11-21-15-6-4-13(17)5-7-15/h2-8,14,18,20H,9-11H2,1H3. The minimum Gasteiger partial charge on any atom is -0.491 e. The van der Waals surface area contributed by atoms with Gasteiger partial charge in [0.05, 0.1) is 5.69 Å². The van der Waals surface area contributed by atoms with E-state index in [0.29, 0.717) is 18.8 Å². The number of hydrogen-bond acceptors (Lipinski definition) is 4. The average Bonchev–Trinajstić information content (AvgIpc) is 2.49. The third-order valence-corrected chi connectivity index (χ3v) is 3.05. The van der Waals surface area contributed by atoms with Crippen molar-refractivity contribution in [2.45, 2.75) is 19.6 Å². The first-order valence-electron chi connectivity index (χ1n) is 6.83. The normalized spacial score (nSPS) is 12.1. The summed E-state index contributed by atoms with van der Waals surface area (Å²) in [6.45, 7) is 3.15. The second-order valence-corrected chi connectivity index (χ2v) is 4.82. The SMILES string of the molecule is Cc1cccnc1CNCC(O)COc1ccc(F)cc1. The number of hydrogen-bond donors (Lipinski definition) is 2. The van der Waals surface area contributed by atoms with Crippen molar-refractivity contribution in [1.29, 1.82) is 0 Å². The Kier molecular flexibility index (Phi) is 5.66. The largest absolute Gasteiger partial charge is 0.491 e. The van der Waals surface area contributed by atoms with Gasteiger partial charge in [-0.2, -0.15) is 0 Å². The van der Waals surface area contributed by atoms with Gasteiger partial charge in [0.25, 0.3) is 0 Å². The van der Waals surface area contributed by atoms with Gasteiger partial charge in [-0.05, 0) is 42.8 Å². The fourth-order valence-electron chi connectivity index (χ4n) is 1.84. The summed E-state index contributed by atoms with van der Waals surface area (Å²) in [5, 5.41) is 13.0. The molecule has 1 unspecified atom stereocenters. The monoisotopic (exact) mass is 290 g/mol.